The highest BCUT2D eigenvalue weighted by Crippen LogP contribution is 2.61. The monoisotopic (exact) mass is 677 g/mol. The van der Waals surface area contributed by atoms with Gasteiger partial charge in [-0.2, -0.15) is 5.10 Å². The third-order valence-corrected chi connectivity index (χ3v) is 10.1. The maximum Gasteiger partial charge on any atom is 0.356 e. The number of hydrogen-bond acceptors (Lipinski definition) is 7. The van der Waals surface area contributed by atoms with Crippen molar-refractivity contribution in [1.82, 2.24) is 20.0 Å². The highest BCUT2D eigenvalue weighted by Gasteiger charge is 2.69. The van der Waals surface area contributed by atoms with Crippen molar-refractivity contribution in [3.05, 3.63) is 111 Å². The number of fused-ring (bicyclic) bond motifs is 3. The summed E-state index contributed by atoms with van der Waals surface area (Å²) in [6.07, 6.45) is 2.31. The number of ether oxygens (including phenoxy) is 2. The van der Waals surface area contributed by atoms with Crippen molar-refractivity contribution in [3.8, 4) is 5.75 Å². The van der Waals surface area contributed by atoms with Crippen LogP contribution < -0.4 is 10.1 Å². The molecule has 0 bridgehead atoms. The number of amides is 1. The first-order valence-electron chi connectivity index (χ1n) is 15.7. The van der Waals surface area contributed by atoms with E-state index in [0.717, 1.165) is 16.9 Å². The van der Waals surface area contributed by atoms with Crippen LogP contribution in [-0.4, -0.2) is 63.7 Å². The van der Waals surface area contributed by atoms with E-state index in [1.165, 1.54) is 6.07 Å². The van der Waals surface area contributed by atoms with Crippen LogP contribution in [0, 0.1) is 5.82 Å². The van der Waals surface area contributed by atoms with Crippen LogP contribution in [0.1, 0.15) is 58.9 Å². The SMILES string of the molecule is CCOC(=O)c1[nH]ncc1CN1CC[C@H]2[C@@H]1[C@H](c1cccc(Cl)c1F)[C@]1(C(=O)Nc3cc(Cl)ccc31)N2Cc1cccc(OCC)c1. The van der Waals surface area contributed by atoms with Crippen molar-refractivity contribution >= 4 is 40.8 Å². The van der Waals surface area contributed by atoms with Crippen LogP contribution in [0.3, 0.4) is 0 Å². The Kier molecular flexibility index (Phi) is 8.46. The molecule has 12 heteroatoms. The van der Waals surface area contributed by atoms with Crippen LogP contribution >= 0.6 is 23.2 Å². The predicted octanol–water partition coefficient (Wildman–Crippen LogP) is 6.52. The molecule has 1 spiro atoms. The van der Waals surface area contributed by atoms with Crippen LogP contribution in [0.4, 0.5) is 10.1 Å². The zero-order valence-corrected chi connectivity index (χ0v) is 27.4. The largest absolute Gasteiger partial charge is 0.494 e. The van der Waals surface area contributed by atoms with E-state index in [1.54, 1.807) is 37.4 Å². The van der Waals surface area contributed by atoms with E-state index >= 15 is 4.39 Å². The summed E-state index contributed by atoms with van der Waals surface area (Å²) in [5.74, 6) is -1.27. The van der Waals surface area contributed by atoms with E-state index in [9.17, 15) is 9.59 Å². The number of hydrogen-bond donors (Lipinski definition) is 2. The number of carbonyl (C=O) groups is 2. The van der Waals surface area contributed by atoms with E-state index < -0.39 is 23.2 Å². The van der Waals surface area contributed by atoms with Crippen LogP contribution in [0.5, 0.6) is 5.75 Å². The van der Waals surface area contributed by atoms with Crippen molar-refractivity contribution in [2.75, 3.05) is 25.1 Å². The lowest BCUT2D eigenvalue weighted by molar-refractivity contribution is -0.128. The molecule has 2 N–H and O–H groups in total. The predicted molar refractivity (Wildman–Crippen MR) is 176 cm³/mol. The van der Waals surface area contributed by atoms with E-state index in [4.69, 9.17) is 32.7 Å². The summed E-state index contributed by atoms with van der Waals surface area (Å²) in [6.45, 7) is 5.79. The minimum Gasteiger partial charge on any atom is -0.494 e. The Morgan fingerprint density at radius 1 is 1.09 bits per heavy atom. The normalized spacial score (nSPS) is 23.6. The number of carbonyl (C=O) groups excluding carboxylic acids is 2. The molecule has 9 nitrogen and oxygen atoms in total. The van der Waals surface area contributed by atoms with Gasteiger partial charge in [0.1, 0.15) is 22.8 Å². The molecule has 2 saturated heterocycles. The summed E-state index contributed by atoms with van der Waals surface area (Å²) in [7, 11) is 0. The van der Waals surface area contributed by atoms with Gasteiger partial charge in [-0.25, -0.2) is 9.18 Å². The number of nitrogens with one attached hydrogen (secondary N) is 2. The summed E-state index contributed by atoms with van der Waals surface area (Å²) in [5, 5.41) is 10.5. The zero-order valence-electron chi connectivity index (χ0n) is 25.9. The summed E-state index contributed by atoms with van der Waals surface area (Å²) >= 11 is 12.9. The molecule has 244 valence electrons. The van der Waals surface area contributed by atoms with Gasteiger partial charge in [0.05, 0.1) is 24.4 Å². The molecule has 0 radical (unpaired) electrons. The molecule has 7 rings (SSSR count). The van der Waals surface area contributed by atoms with Gasteiger partial charge in [-0.1, -0.05) is 53.5 Å². The molecule has 0 aliphatic carbocycles. The molecule has 4 aromatic rings. The van der Waals surface area contributed by atoms with Gasteiger partial charge in [-0.05, 0) is 61.7 Å². The molecule has 3 aliphatic rings. The van der Waals surface area contributed by atoms with Gasteiger partial charge < -0.3 is 14.8 Å². The molecule has 47 heavy (non-hydrogen) atoms. The maximum absolute atomic E-state index is 16.4. The number of nitrogens with zero attached hydrogens (tertiary/aromatic N) is 3. The smallest absolute Gasteiger partial charge is 0.356 e. The van der Waals surface area contributed by atoms with Gasteiger partial charge in [-0.3, -0.25) is 19.7 Å². The van der Waals surface area contributed by atoms with Gasteiger partial charge >= 0.3 is 5.97 Å². The average molecular weight is 679 g/mol. The Labute approximate surface area is 281 Å². The van der Waals surface area contributed by atoms with E-state index in [2.05, 4.69) is 25.3 Å². The molecule has 3 aromatic carbocycles. The second-order valence-corrected chi connectivity index (χ2v) is 12.9. The molecule has 0 unspecified atom stereocenters. The number of halogens is 3. The summed E-state index contributed by atoms with van der Waals surface area (Å²) in [6, 6.07) is 17.7. The lowest BCUT2D eigenvalue weighted by atomic mass is 9.73. The molecule has 1 aromatic heterocycles. The third-order valence-electron chi connectivity index (χ3n) is 9.61. The number of likely N-dealkylation sites (tertiary alicyclic amines) is 2. The average Bonchev–Trinajstić information content (AvgIpc) is 3.80. The van der Waals surface area contributed by atoms with Gasteiger partial charge in [0.2, 0.25) is 5.91 Å². The zero-order chi connectivity index (χ0) is 32.9. The number of rotatable bonds is 9. The molecule has 4 heterocycles. The van der Waals surface area contributed by atoms with E-state index in [1.807, 2.05) is 37.3 Å². The Morgan fingerprint density at radius 3 is 2.72 bits per heavy atom. The summed E-state index contributed by atoms with van der Waals surface area (Å²) in [5.41, 5.74) is 2.23. The Balaban J connectivity index is 1.42. The lowest BCUT2D eigenvalue weighted by Gasteiger charge is -2.41. The lowest BCUT2D eigenvalue weighted by Crippen LogP contribution is -2.52. The number of H-pyrrole nitrogens is 1. The second kappa shape index (κ2) is 12.6. The quantitative estimate of drug-likeness (QED) is 0.195. The Hall–Kier alpha value is -3.96. The van der Waals surface area contributed by atoms with Crippen LogP contribution in [0.15, 0.2) is 66.9 Å². The van der Waals surface area contributed by atoms with Gasteiger partial charge in [0.25, 0.3) is 0 Å². The highest BCUT2D eigenvalue weighted by atomic mass is 35.5. The van der Waals surface area contributed by atoms with Gasteiger partial charge in [-0.15, -0.1) is 0 Å². The van der Waals surface area contributed by atoms with Crippen LogP contribution in [0.2, 0.25) is 10.0 Å². The van der Waals surface area contributed by atoms with E-state index in [0.29, 0.717) is 54.5 Å². The molecular formula is C35H34Cl2FN5O4. The van der Waals surface area contributed by atoms with Crippen LogP contribution in [0.25, 0.3) is 0 Å². The number of aromatic amines is 1. The Morgan fingerprint density at radius 2 is 1.91 bits per heavy atom. The molecule has 2 fully saturated rings. The van der Waals surface area contributed by atoms with Crippen LogP contribution in [-0.2, 0) is 28.2 Å². The van der Waals surface area contributed by atoms with Crippen molar-refractivity contribution in [2.45, 2.75) is 56.9 Å². The minimum absolute atomic E-state index is 0.0178. The number of anilines is 1. The van der Waals surface area contributed by atoms with Crippen molar-refractivity contribution < 1.29 is 23.5 Å². The summed E-state index contributed by atoms with van der Waals surface area (Å²) < 4.78 is 27.4. The fourth-order valence-corrected chi connectivity index (χ4v) is 8.28. The first kappa shape index (κ1) is 31.6. The molecular weight excluding hydrogens is 644 g/mol. The van der Waals surface area contributed by atoms with Gasteiger partial charge in [0.15, 0.2) is 0 Å². The highest BCUT2D eigenvalue weighted by molar-refractivity contribution is 6.31. The molecule has 4 atom stereocenters. The first-order chi connectivity index (χ1) is 22.8. The number of esters is 1. The molecule has 0 saturated carbocycles. The topological polar surface area (TPSA) is 99.8 Å². The molecule has 3 aliphatic heterocycles. The fraction of sp³-hybridized carbons (Fsp3) is 0.343. The fourth-order valence-electron chi connectivity index (χ4n) is 7.93. The summed E-state index contributed by atoms with van der Waals surface area (Å²) in [4.78, 5) is 31.9. The maximum atomic E-state index is 16.4. The second-order valence-electron chi connectivity index (χ2n) is 12.0. The first-order valence-corrected chi connectivity index (χ1v) is 16.5. The van der Waals surface area contributed by atoms with Gasteiger partial charge in [0, 0.05) is 59.5 Å². The number of benzene rings is 3. The molecule has 1 amide bonds. The van der Waals surface area contributed by atoms with Crippen molar-refractivity contribution in [2.24, 2.45) is 0 Å². The standard InChI is InChI=1S/C35H34Cl2FN5O4/c1-3-46-23-8-5-7-20(15-23)18-43-28-13-14-42(19-21-17-39-41-31(21)33(44)47-4-2)32(28)29(24-9-6-10-26(37)30(24)38)35(43)25-12-11-22(36)16-27(25)40-34(35)45/h5-12,15-17,28-29,32H,3-4,13-14,18-19H2,1-2H3,(H,39,41)(H,40,45)/t28-,29-,32+,35+/m0/s1. The van der Waals surface area contributed by atoms with Crippen molar-refractivity contribution in [1.29, 1.82) is 0 Å². The van der Waals surface area contributed by atoms with E-state index in [-0.39, 0.29) is 35.3 Å². The third kappa shape index (κ3) is 5.18. The Bertz CT molecular complexity index is 1850. The van der Waals surface area contributed by atoms with Crippen molar-refractivity contribution in [3.63, 3.8) is 0 Å². The number of aromatic nitrogens is 2. The minimum atomic E-state index is -1.32.